The molecule has 0 spiro atoms. The van der Waals surface area contributed by atoms with Crippen LogP contribution >= 0.6 is 11.6 Å². The molecule has 1 heterocycles. The van der Waals surface area contributed by atoms with Crippen molar-refractivity contribution in [3.05, 3.63) is 76.1 Å². The van der Waals surface area contributed by atoms with Gasteiger partial charge in [0.25, 0.3) is 0 Å². The summed E-state index contributed by atoms with van der Waals surface area (Å²) in [4.78, 5) is 16.6. The molecule has 29 heavy (non-hydrogen) atoms. The maximum atomic E-state index is 12.5. The molecule has 2 aromatic carbocycles. The van der Waals surface area contributed by atoms with Crippen molar-refractivity contribution in [2.75, 3.05) is 5.75 Å². The second-order valence-corrected chi connectivity index (χ2v) is 9.54. The molecule has 1 aromatic heterocycles. The van der Waals surface area contributed by atoms with E-state index in [1.54, 1.807) is 19.1 Å². The largest absolute Gasteiger partial charge is 0.441 e. The summed E-state index contributed by atoms with van der Waals surface area (Å²) in [7, 11) is -3.64. The van der Waals surface area contributed by atoms with Gasteiger partial charge in [0.15, 0.2) is 9.84 Å². The zero-order chi connectivity index (χ0) is 21.0. The summed E-state index contributed by atoms with van der Waals surface area (Å²) in [6, 6.07) is 14.7. The number of halogens is 1. The highest BCUT2D eigenvalue weighted by atomic mass is 35.5. The standard InChI is InChI=1S/C22H22ClNO4S/c1-15-5-3-4-6-20(15)22-24-21(16(2)28-22)14-29(26,27)13-19(25)12-9-17-7-10-18(23)11-8-17/h3-8,10-11H,9,12-14H2,1-2H3. The quantitative estimate of drug-likeness (QED) is 0.515. The van der Waals surface area contributed by atoms with Gasteiger partial charge in [0.2, 0.25) is 5.89 Å². The molecule has 0 fully saturated rings. The van der Waals surface area contributed by atoms with Gasteiger partial charge in [-0.25, -0.2) is 13.4 Å². The lowest BCUT2D eigenvalue weighted by molar-refractivity contribution is -0.116. The van der Waals surface area contributed by atoms with Crippen molar-refractivity contribution < 1.29 is 17.6 Å². The van der Waals surface area contributed by atoms with Crippen molar-refractivity contribution in [2.24, 2.45) is 0 Å². The molecule has 0 atom stereocenters. The number of carbonyl (C=O) groups is 1. The van der Waals surface area contributed by atoms with Gasteiger partial charge in [-0.3, -0.25) is 4.79 Å². The molecule has 7 heteroatoms. The van der Waals surface area contributed by atoms with Gasteiger partial charge in [-0.15, -0.1) is 0 Å². The predicted molar refractivity (Wildman–Crippen MR) is 114 cm³/mol. The molecule has 3 aromatic rings. The average Bonchev–Trinajstić information content (AvgIpc) is 3.00. The van der Waals surface area contributed by atoms with E-state index in [1.165, 1.54) is 0 Å². The molecule has 152 valence electrons. The predicted octanol–water partition coefficient (Wildman–Crippen LogP) is 4.73. The van der Waals surface area contributed by atoms with Gasteiger partial charge in [0, 0.05) is 17.0 Å². The lowest BCUT2D eigenvalue weighted by Crippen LogP contribution is -2.18. The van der Waals surface area contributed by atoms with E-state index < -0.39 is 15.6 Å². The highest BCUT2D eigenvalue weighted by Crippen LogP contribution is 2.25. The van der Waals surface area contributed by atoms with E-state index in [2.05, 4.69) is 4.98 Å². The molecule has 0 unspecified atom stereocenters. The zero-order valence-electron chi connectivity index (χ0n) is 16.3. The number of benzene rings is 2. The molecule has 3 rings (SSSR count). The van der Waals surface area contributed by atoms with Crippen molar-refractivity contribution in [3.8, 4) is 11.5 Å². The summed E-state index contributed by atoms with van der Waals surface area (Å²) in [6.07, 6.45) is 0.638. The van der Waals surface area contributed by atoms with Crippen molar-refractivity contribution in [1.82, 2.24) is 4.98 Å². The van der Waals surface area contributed by atoms with Crippen LogP contribution in [-0.2, 0) is 26.8 Å². The SMILES string of the molecule is Cc1ccccc1-c1nc(CS(=O)(=O)CC(=O)CCc2ccc(Cl)cc2)c(C)o1. The molecule has 5 nitrogen and oxygen atoms in total. The summed E-state index contributed by atoms with van der Waals surface area (Å²) in [6.45, 7) is 3.62. The Balaban J connectivity index is 1.64. The number of hydrogen-bond donors (Lipinski definition) is 0. The topological polar surface area (TPSA) is 77.2 Å². The van der Waals surface area contributed by atoms with E-state index in [4.69, 9.17) is 16.0 Å². The van der Waals surface area contributed by atoms with E-state index in [9.17, 15) is 13.2 Å². The number of oxazole rings is 1. The molecule has 0 saturated heterocycles. The first kappa shape index (κ1) is 21.3. The number of aromatic nitrogens is 1. The van der Waals surface area contributed by atoms with Crippen molar-refractivity contribution in [2.45, 2.75) is 32.4 Å². The first-order valence-electron chi connectivity index (χ1n) is 9.22. The van der Waals surface area contributed by atoms with Crippen LogP contribution in [0.5, 0.6) is 0 Å². The number of Topliss-reactive ketones (excluding diaryl/α,β-unsaturated/α-hetero) is 1. The zero-order valence-corrected chi connectivity index (χ0v) is 17.9. The fourth-order valence-corrected chi connectivity index (χ4v) is 4.55. The fraction of sp³-hybridized carbons (Fsp3) is 0.273. The number of carbonyl (C=O) groups excluding carboxylic acids is 1. The molecule has 0 amide bonds. The Labute approximate surface area is 175 Å². The van der Waals surface area contributed by atoms with Crippen LogP contribution in [0.4, 0.5) is 0 Å². The number of hydrogen-bond acceptors (Lipinski definition) is 5. The molecular weight excluding hydrogens is 410 g/mol. The summed E-state index contributed by atoms with van der Waals surface area (Å²) in [5.74, 6) is -0.312. The van der Waals surface area contributed by atoms with Crippen LogP contribution < -0.4 is 0 Å². The molecular formula is C22H22ClNO4S. The Morgan fingerprint density at radius 3 is 2.45 bits per heavy atom. The molecule has 0 N–H and O–H groups in total. The van der Waals surface area contributed by atoms with E-state index in [-0.39, 0.29) is 18.0 Å². The molecule has 0 bridgehead atoms. The number of ketones is 1. The number of sulfone groups is 1. The van der Waals surface area contributed by atoms with E-state index in [0.717, 1.165) is 16.7 Å². The van der Waals surface area contributed by atoms with Gasteiger partial charge in [-0.1, -0.05) is 41.9 Å². The number of rotatable bonds is 8. The van der Waals surface area contributed by atoms with Gasteiger partial charge < -0.3 is 4.42 Å². The molecule has 0 radical (unpaired) electrons. The fourth-order valence-electron chi connectivity index (χ4n) is 3.00. The highest BCUT2D eigenvalue weighted by Gasteiger charge is 2.22. The average molecular weight is 432 g/mol. The minimum Gasteiger partial charge on any atom is -0.441 e. The maximum absolute atomic E-state index is 12.5. The maximum Gasteiger partial charge on any atom is 0.226 e. The van der Waals surface area contributed by atoms with Crippen LogP contribution in [0.25, 0.3) is 11.5 Å². The van der Waals surface area contributed by atoms with Crippen molar-refractivity contribution in [3.63, 3.8) is 0 Å². The van der Waals surface area contributed by atoms with Gasteiger partial charge in [-0.2, -0.15) is 0 Å². The first-order valence-corrected chi connectivity index (χ1v) is 11.4. The van der Waals surface area contributed by atoms with Crippen LogP contribution in [0.2, 0.25) is 5.02 Å². The van der Waals surface area contributed by atoms with Crippen LogP contribution in [-0.4, -0.2) is 24.9 Å². The Morgan fingerprint density at radius 1 is 1.07 bits per heavy atom. The molecule has 0 aliphatic heterocycles. The Bertz CT molecular complexity index is 1120. The van der Waals surface area contributed by atoms with Crippen molar-refractivity contribution in [1.29, 1.82) is 0 Å². The van der Waals surface area contributed by atoms with E-state index in [0.29, 0.717) is 28.8 Å². The second kappa shape index (κ2) is 8.93. The Kier molecular flexibility index (Phi) is 6.55. The smallest absolute Gasteiger partial charge is 0.226 e. The summed E-state index contributed by atoms with van der Waals surface area (Å²) >= 11 is 5.84. The van der Waals surface area contributed by atoms with Crippen LogP contribution in [0.15, 0.2) is 52.9 Å². The third kappa shape index (κ3) is 5.78. The Morgan fingerprint density at radius 2 is 1.76 bits per heavy atom. The summed E-state index contributed by atoms with van der Waals surface area (Å²) in [5, 5.41) is 0.621. The van der Waals surface area contributed by atoms with Gasteiger partial charge in [0.05, 0.1) is 11.4 Å². The summed E-state index contributed by atoms with van der Waals surface area (Å²) in [5.41, 5.74) is 3.09. The third-order valence-corrected chi connectivity index (χ3v) is 6.34. The van der Waals surface area contributed by atoms with E-state index >= 15 is 0 Å². The Hall–Kier alpha value is -2.44. The minimum absolute atomic E-state index is 0.160. The molecule has 0 aliphatic rings. The monoisotopic (exact) mass is 431 g/mol. The van der Waals surface area contributed by atoms with Gasteiger partial charge in [-0.05, 0) is 49.6 Å². The van der Waals surface area contributed by atoms with Gasteiger partial charge >= 0.3 is 0 Å². The van der Waals surface area contributed by atoms with Crippen LogP contribution in [0.3, 0.4) is 0 Å². The number of nitrogens with zero attached hydrogens (tertiary/aromatic N) is 1. The minimum atomic E-state index is -3.64. The lowest BCUT2D eigenvalue weighted by atomic mass is 10.1. The van der Waals surface area contributed by atoms with Crippen LogP contribution in [0, 0.1) is 13.8 Å². The third-order valence-electron chi connectivity index (χ3n) is 4.61. The molecule has 0 saturated carbocycles. The van der Waals surface area contributed by atoms with E-state index in [1.807, 2.05) is 43.3 Å². The summed E-state index contributed by atoms with van der Waals surface area (Å²) < 4.78 is 30.7. The second-order valence-electron chi connectivity index (χ2n) is 7.03. The van der Waals surface area contributed by atoms with Crippen LogP contribution in [0.1, 0.15) is 29.0 Å². The first-order chi connectivity index (χ1) is 13.7. The number of aryl methyl sites for hydroxylation is 3. The molecule has 0 aliphatic carbocycles. The van der Waals surface area contributed by atoms with Gasteiger partial charge in [0.1, 0.15) is 17.3 Å². The normalized spacial score (nSPS) is 11.6. The van der Waals surface area contributed by atoms with Crippen molar-refractivity contribution >= 4 is 27.2 Å². The lowest BCUT2D eigenvalue weighted by Gasteiger charge is -2.04. The highest BCUT2D eigenvalue weighted by molar-refractivity contribution is 7.91.